The summed E-state index contributed by atoms with van der Waals surface area (Å²) in [4.78, 5) is 2.37. The van der Waals surface area contributed by atoms with E-state index in [2.05, 4.69) is 61.8 Å². The zero-order valence-corrected chi connectivity index (χ0v) is 10.6. The van der Waals surface area contributed by atoms with Gasteiger partial charge in [0.1, 0.15) is 0 Å². The van der Waals surface area contributed by atoms with Gasteiger partial charge in [-0.3, -0.25) is 0 Å². The lowest BCUT2D eigenvalue weighted by molar-refractivity contribution is 0.278. The van der Waals surface area contributed by atoms with E-state index in [1.165, 1.54) is 12.0 Å². The number of thiol groups is 1. The third-order valence-corrected chi connectivity index (χ3v) is 3.22. The highest BCUT2D eigenvalue weighted by Gasteiger charge is 2.07. The van der Waals surface area contributed by atoms with Crippen molar-refractivity contribution in [2.75, 3.05) is 19.3 Å². The van der Waals surface area contributed by atoms with Gasteiger partial charge in [-0.2, -0.15) is 12.6 Å². The molecule has 1 aromatic carbocycles. The maximum Gasteiger partial charge on any atom is 0.0230 e. The van der Waals surface area contributed by atoms with E-state index in [4.69, 9.17) is 0 Å². The summed E-state index contributed by atoms with van der Waals surface area (Å²) in [6.45, 7) is 4.40. The molecule has 0 saturated carbocycles. The van der Waals surface area contributed by atoms with Gasteiger partial charge < -0.3 is 4.90 Å². The van der Waals surface area contributed by atoms with Crippen molar-refractivity contribution >= 4 is 12.6 Å². The minimum absolute atomic E-state index is 0.710. The van der Waals surface area contributed by atoms with Crippen LogP contribution in [-0.2, 0) is 6.54 Å². The highest BCUT2D eigenvalue weighted by Crippen LogP contribution is 2.09. The van der Waals surface area contributed by atoms with E-state index >= 15 is 0 Å². The quantitative estimate of drug-likeness (QED) is 0.725. The van der Waals surface area contributed by atoms with E-state index in [9.17, 15) is 0 Å². The van der Waals surface area contributed by atoms with Crippen molar-refractivity contribution in [1.29, 1.82) is 0 Å². The monoisotopic (exact) mass is 223 g/mol. The fraction of sp³-hybridized carbons (Fsp3) is 0.538. The van der Waals surface area contributed by atoms with Crippen LogP contribution in [0, 0.1) is 5.92 Å². The van der Waals surface area contributed by atoms with E-state index in [-0.39, 0.29) is 0 Å². The smallest absolute Gasteiger partial charge is 0.0230 e. The molecule has 84 valence electrons. The van der Waals surface area contributed by atoms with Crippen molar-refractivity contribution in [2.24, 2.45) is 5.92 Å². The van der Waals surface area contributed by atoms with Gasteiger partial charge in [-0.25, -0.2) is 0 Å². The molecular weight excluding hydrogens is 202 g/mol. The first kappa shape index (κ1) is 12.6. The van der Waals surface area contributed by atoms with Crippen molar-refractivity contribution in [3.63, 3.8) is 0 Å². The van der Waals surface area contributed by atoms with E-state index in [0.29, 0.717) is 5.92 Å². The lowest BCUT2D eigenvalue weighted by Crippen LogP contribution is -2.25. The summed E-state index contributed by atoms with van der Waals surface area (Å²) in [7, 11) is 2.18. The third-order valence-electron chi connectivity index (χ3n) is 2.70. The maximum absolute atomic E-state index is 4.37. The molecule has 0 radical (unpaired) electrons. The lowest BCUT2D eigenvalue weighted by atomic mass is 10.1. The van der Waals surface area contributed by atoms with E-state index in [1.54, 1.807) is 0 Å². The average Bonchev–Trinajstić information content (AvgIpc) is 2.27. The number of nitrogens with zero attached hydrogens (tertiary/aromatic N) is 1. The Morgan fingerprint density at radius 3 is 2.47 bits per heavy atom. The molecule has 1 rings (SSSR count). The molecule has 0 aromatic heterocycles. The third kappa shape index (κ3) is 4.72. The van der Waals surface area contributed by atoms with Gasteiger partial charge in [0.15, 0.2) is 0 Å². The Morgan fingerprint density at radius 2 is 1.93 bits per heavy atom. The summed E-state index contributed by atoms with van der Waals surface area (Å²) in [5, 5.41) is 0. The summed E-state index contributed by atoms with van der Waals surface area (Å²) >= 11 is 4.37. The summed E-state index contributed by atoms with van der Waals surface area (Å²) in [5.74, 6) is 1.69. The molecule has 0 heterocycles. The van der Waals surface area contributed by atoms with Crippen LogP contribution in [-0.4, -0.2) is 24.2 Å². The predicted molar refractivity (Wildman–Crippen MR) is 70.4 cm³/mol. The van der Waals surface area contributed by atoms with Crippen LogP contribution in [0.4, 0.5) is 0 Å². The van der Waals surface area contributed by atoms with Gasteiger partial charge in [-0.1, -0.05) is 43.7 Å². The summed E-state index contributed by atoms with van der Waals surface area (Å²) in [6.07, 6.45) is 1.21. The molecule has 0 fully saturated rings. The average molecular weight is 223 g/mol. The summed E-state index contributed by atoms with van der Waals surface area (Å²) in [6, 6.07) is 10.6. The van der Waals surface area contributed by atoms with Gasteiger partial charge in [-0.05, 0) is 24.3 Å². The zero-order chi connectivity index (χ0) is 11.1. The van der Waals surface area contributed by atoms with Crippen LogP contribution in [0.25, 0.3) is 0 Å². The fourth-order valence-electron chi connectivity index (χ4n) is 1.72. The molecule has 0 spiro atoms. The Bertz CT molecular complexity index is 256. The number of benzene rings is 1. The summed E-state index contributed by atoms with van der Waals surface area (Å²) < 4.78 is 0. The highest BCUT2D eigenvalue weighted by molar-refractivity contribution is 7.80. The normalized spacial score (nSPS) is 13.1. The molecule has 1 atom stereocenters. The maximum atomic E-state index is 4.37. The fourth-order valence-corrected chi connectivity index (χ4v) is 2.09. The molecule has 0 bridgehead atoms. The molecule has 1 unspecified atom stereocenters. The number of rotatable bonds is 6. The second kappa shape index (κ2) is 6.91. The van der Waals surface area contributed by atoms with Gasteiger partial charge >= 0.3 is 0 Å². The van der Waals surface area contributed by atoms with Gasteiger partial charge in [-0.15, -0.1) is 0 Å². The van der Waals surface area contributed by atoms with Crippen molar-refractivity contribution < 1.29 is 0 Å². The molecule has 0 amide bonds. The predicted octanol–water partition coefficient (Wildman–Crippen LogP) is 3.07. The minimum Gasteiger partial charge on any atom is -0.302 e. The molecule has 2 heteroatoms. The van der Waals surface area contributed by atoms with Crippen molar-refractivity contribution in [3.8, 4) is 0 Å². The Morgan fingerprint density at radius 1 is 1.27 bits per heavy atom. The van der Waals surface area contributed by atoms with Crippen LogP contribution in [0.2, 0.25) is 0 Å². The zero-order valence-electron chi connectivity index (χ0n) is 9.69. The van der Waals surface area contributed by atoms with E-state index in [1.807, 2.05) is 0 Å². The molecule has 0 N–H and O–H groups in total. The second-order valence-corrected chi connectivity index (χ2v) is 4.50. The largest absolute Gasteiger partial charge is 0.302 e. The summed E-state index contributed by atoms with van der Waals surface area (Å²) in [5.41, 5.74) is 1.38. The van der Waals surface area contributed by atoms with Gasteiger partial charge in [0.05, 0.1) is 0 Å². The first-order chi connectivity index (χ1) is 7.26. The first-order valence-corrected chi connectivity index (χ1v) is 6.22. The van der Waals surface area contributed by atoms with Crippen LogP contribution in [0.5, 0.6) is 0 Å². The van der Waals surface area contributed by atoms with Gasteiger partial charge in [0.25, 0.3) is 0 Å². The Hall–Kier alpha value is -0.470. The molecule has 0 aliphatic heterocycles. The molecular formula is C13H21NS. The highest BCUT2D eigenvalue weighted by atomic mass is 32.1. The number of hydrogen-bond acceptors (Lipinski definition) is 2. The SMILES string of the molecule is CCC(CS)CN(C)Cc1ccccc1. The topological polar surface area (TPSA) is 3.24 Å². The second-order valence-electron chi connectivity index (χ2n) is 4.14. The van der Waals surface area contributed by atoms with E-state index < -0.39 is 0 Å². The van der Waals surface area contributed by atoms with Crippen molar-refractivity contribution in [2.45, 2.75) is 19.9 Å². The van der Waals surface area contributed by atoms with Crippen LogP contribution >= 0.6 is 12.6 Å². The molecule has 1 aromatic rings. The van der Waals surface area contributed by atoms with Gasteiger partial charge in [0, 0.05) is 13.1 Å². The Labute approximate surface area is 98.9 Å². The van der Waals surface area contributed by atoms with Gasteiger partial charge in [0.2, 0.25) is 0 Å². The van der Waals surface area contributed by atoms with Crippen LogP contribution in [0.15, 0.2) is 30.3 Å². The van der Waals surface area contributed by atoms with Crippen LogP contribution in [0.1, 0.15) is 18.9 Å². The molecule has 0 aliphatic carbocycles. The van der Waals surface area contributed by atoms with E-state index in [0.717, 1.165) is 18.8 Å². The van der Waals surface area contributed by atoms with Crippen molar-refractivity contribution in [3.05, 3.63) is 35.9 Å². The molecule has 0 aliphatic rings. The molecule has 0 saturated heterocycles. The lowest BCUT2D eigenvalue weighted by Gasteiger charge is -2.21. The number of hydrogen-bond donors (Lipinski definition) is 1. The van der Waals surface area contributed by atoms with Crippen LogP contribution in [0.3, 0.4) is 0 Å². The standard InChI is InChI=1S/C13H21NS/c1-3-12(11-15)9-14(2)10-13-7-5-4-6-8-13/h4-8,12,15H,3,9-11H2,1-2H3. The first-order valence-electron chi connectivity index (χ1n) is 5.59. The minimum atomic E-state index is 0.710. The van der Waals surface area contributed by atoms with Crippen molar-refractivity contribution in [1.82, 2.24) is 4.90 Å². The Kier molecular flexibility index (Phi) is 5.81. The van der Waals surface area contributed by atoms with Crippen LogP contribution < -0.4 is 0 Å². The Balaban J connectivity index is 2.39. The molecule has 1 nitrogen and oxygen atoms in total. The molecule has 15 heavy (non-hydrogen) atoms.